The maximum absolute atomic E-state index is 11.8. The molecule has 2 aromatic rings. The fourth-order valence-corrected chi connectivity index (χ4v) is 4.02. The molecule has 2 fully saturated rings. The largest absolute Gasteiger partial charge is 0.370 e. The Balaban J connectivity index is 1.31. The smallest absolute Gasteiger partial charge is 0.222 e. The molecular formula is C22H30N6O2. The van der Waals surface area contributed by atoms with E-state index in [1.165, 1.54) is 11.1 Å². The number of carbonyl (C=O) groups excluding carboxylic acids is 1. The van der Waals surface area contributed by atoms with Gasteiger partial charge in [-0.25, -0.2) is 0 Å². The number of nitrogens with one attached hydrogen (secondary N) is 1. The van der Waals surface area contributed by atoms with Gasteiger partial charge in [0.15, 0.2) is 5.96 Å². The van der Waals surface area contributed by atoms with Gasteiger partial charge in [0.1, 0.15) is 6.10 Å². The summed E-state index contributed by atoms with van der Waals surface area (Å²) < 4.78 is 7.73. The average Bonchev–Trinajstić information content (AvgIpc) is 3.38. The quantitative estimate of drug-likeness (QED) is 0.600. The van der Waals surface area contributed by atoms with Crippen molar-refractivity contribution < 1.29 is 9.53 Å². The van der Waals surface area contributed by atoms with Crippen LogP contribution in [0.4, 0.5) is 0 Å². The van der Waals surface area contributed by atoms with Gasteiger partial charge in [0.05, 0.1) is 19.3 Å². The van der Waals surface area contributed by atoms with Gasteiger partial charge in [0.25, 0.3) is 0 Å². The van der Waals surface area contributed by atoms with Crippen molar-refractivity contribution in [2.75, 3.05) is 33.3 Å². The molecule has 2 aliphatic heterocycles. The number of nitrogens with zero attached hydrogens (tertiary/aromatic N) is 5. The molecule has 4 rings (SSSR count). The zero-order chi connectivity index (χ0) is 20.9. The molecular weight excluding hydrogens is 380 g/mol. The van der Waals surface area contributed by atoms with Crippen molar-refractivity contribution in [2.45, 2.75) is 32.0 Å². The van der Waals surface area contributed by atoms with Gasteiger partial charge in [-0.2, -0.15) is 5.10 Å². The first-order valence-electron chi connectivity index (χ1n) is 10.5. The molecule has 8 heteroatoms. The van der Waals surface area contributed by atoms with Gasteiger partial charge < -0.3 is 19.9 Å². The number of ether oxygens (including phenoxy) is 1. The zero-order valence-corrected chi connectivity index (χ0v) is 17.8. The lowest BCUT2D eigenvalue weighted by molar-refractivity contribution is -0.128. The first-order chi connectivity index (χ1) is 14.6. The standard InChI is InChI=1S/C22H30N6O2/c1-23-22(28-10-11-30-20(16-28)19-13-25-26(2)15-19)24-12-17-5-7-18(8-6-17)14-27-9-3-4-21(27)29/h5-8,13,15,20H,3-4,9-12,14,16H2,1-2H3,(H,23,24). The predicted octanol–water partition coefficient (Wildman–Crippen LogP) is 1.69. The Labute approximate surface area is 177 Å². The van der Waals surface area contributed by atoms with Crippen LogP contribution in [0.5, 0.6) is 0 Å². The number of amides is 1. The number of rotatable bonds is 5. The third kappa shape index (κ3) is 4.81. The van der Waals surface area contributed by atoms with Gasteiger partial charge in [-0.05, 0) is 17.5 Å². The monoisotopic (exact) mass is 410 g/mol. The van der Waals surface area contributed by atoms with Crippen LogP contribution in [-0.4, -0.2) is 64.7 Å². The highest BCUT2D eigenvalue weighted by Crippen LogP contribution is 2.21. The average molecular weight is 411 g/mol. The maximum Gasteiger partial charge on any atom is 0.222 e. The molecule has 1 amide bonds. The number of benzene rings is 1. The maximum atomic E-state index is 11.8. The van der Waals surface area contributed by atoms with Crippen LogP contribution in [0.3, 0.4) is 0 Å². The van der Waals surface area contributed by atoms with Gasteiger partial charge in [-0.3, -0.25) is 14.5 Å². The number of aliphatic imine (C=N–C) groups is 1. The Kier molecular flexibility index (Phi) is 6.32. The number of morpholine rings is 1. The Morgan fingerprint density at radius 2 is 2.07 bits per heavy atom. The van der Waals surface area contributed by atoms with Crippen molar-refractivity contribution in [3.05, 3.63) is 53.3 Å². The third-order valence-corrected chi connectivity index (χ3v) is 5.69. The van der Waals surface area contributed by atoms with Gasteiger partial charge in [0, 0.05) is 58.5 Å². The fourth-order valence-electron chi connectivity index (χ4n) is 4.02. The van der Waals surface area contributed by atoms with Crippen LogP contribution in [0, 0.1) is 0 Å². The highest BCUT2D eigenvalue weighted by atomic mass is 16.5. The minimum atomic E-state index is -0.00131. The molecule has 3 heterocycles. The molecule has 0 saturated carbocycles. The van der Waals surface area contributed by atoms with E-state index in [1.54, 1.807) is 4.68 Å². The molecule has 2 aliphatic rings. The highest BCUT2D eigenvalue weighted by Gasteiger charge is 2.25. The lowest BCUT2D eigenvalue weighted by atomic mass is 10.1. The van der Waals surface area contributed by atoms with Crippen molar-refractivity contribution in [3.63, 3.8) is 0 Å². The van der Waals surface area contributed by atoms with Crippen LogP contribution in [0.15, 0.2) is 41.7 Å². The van der Waals surface area contributed by atoms with E-state index in [1.807, 2.05) is 31.4 Å². The Hall–Kier alpha value is -2.87. The molecule has 1 N–H and O–H groups in total. The molecule has 30 heavy (non-hydrogen) atoms. The molecule has 1 atom stereocenters. The Bertz CT molecular complexity index is 891. The summed E-state index contributed by atoms with van der Waals surface area (Å²) in [4.78, 5) is 20.4. The number of aromatic nitrogens is 2. The lowest BCUT2D eigenvalue weighted by Crippen LogP contribution is -2.47. The molecule has 2 saturated heterocycles. The Morgan fingerprint density at radius 3 is 2.73 bits per heavy atom. The molecule has 1 aromatic heterocycles. The number of guanidine groups is 1. The molecule has 0 radical (unpaired) electrons. The third-order valence-electron chi connectivity index (χ3n) is 5.69. The number of hydrogen-bond acceptors (Lipinski definition) is 4. The van der Waals surface area contributed by atoms with E-state index < -0.39 is 0 Å². The van der Waals surface area contributed by atoms with E-state index in [4.69, 9.17) is 4.74 Å². The minimum Gasteiger partial charge on any atom is -0.370 e. The highest BCUT2D eigenvalue weighted by molar-refractivity contribution is 5.80. The number of aryl methyl sites for hydroxylation is 1. The molecule has 0 spiro atoms. The summed E-state index contributed by atoms with van der Waals surface area (Å²) >= 11 is 0. The summed E-state index contributed by atoms with van der Waals surface area (Å²) in [5, 5.41) is 7.72. The summed E-state index contributed by atoms with van der Waals surface area (Å²) in [6, 6.07) is 8.46. The zero-order valence-electron chi connectivity index (χ0n) is 17.8. The molecule has 1 aromatic carbocycles. The summed E-state index contributed by atoms with van der Waals surface area (Å²) in [6.45, 7) is 4.48. The second-order valence-electron chi connectivity index (χ2n) is 7.89. The fraction of sp³-hybridized carbons (Fsp3) is 0.500. The van der Waals surface area contributed by atoms with Gasteiger partial charge in [-0.15, -0.1) is 0 Å². The number of likely N-dealkylation sites (tertiary alicyclic amines) is 1. The SMILES string of the molecule is CN=C(NCc1ccc(CN2CCCC2=O)cc1)N1CCOC(c2cnn(C)c2)C1. The number of hydrogen-bond donors (Lipinski definition) is 1. The van der Waals surface area contributed by atoms with Crippen LogP contribution in [0.2, 0.25) is 0 Å². The van der Waals surface area contributed by atoms with E-state index >= 15 is 0 Å². The molecule has 8 nitrogen and oxygen atoms in total. The summed E-state index contributed by atoms with van der Waals surface area (Å²) in [5.41, 5.74) is 3.44. The lowest BCUT2D eigenvalue weighted by Gasteiger charge is -2.34. The predicted molar refractivity (Wildman–Crippen MR) is 115 cm³/mol. The second kappa shape index (κ2) is 9.30. The van der Waals surface area contributed by atoms with Crippen molar-refractivity contribution in [3.8, 4) is 0 Å². The van der Waals surface area contributed by atoms with Gasteiger partial charge in [0.2, 0.25) is 5.91 Å². The van der Waals surface area contributed by atoms with Crippen LogP contribution in [0.1, 0.15) is 35.6 Å². The van der Waals surface area contributed by atoms with E-state index in [2.05, 4.69) is 44.6 Å². The van der Waals surface area contributed by atoms with E-state index in [0.717, 1.165) is 37.6 Å². The number of carbonyl (C=O) groups is 1. The van der Waals surface area contributed by atoms with E-state index in [-0.39, 0.29) is 12.0 Å². The molecule has 1 unspecified atom stereocenters. The molecule has 160 valence electrons. The van der Waals surface area contributed by atoms with Gasteiger partial charge >= 0.3 is 0 Å². The summed E-state index contributed by atoms with van der Waals surface area (Å²) in [6.07, 6.45) is 5.52. The van der Waals surface area contributed by atoms with Crippen molar-refractivity contribution >= 4 is 11.9 Å². The first kappa shape index (κ1) is 20.4. The molecule has 0 bridgehead atoms. The van der Waals surface area contributed by atoms with Crippen LogP contribution < -0.4 is 5.32 Å². The van der Waals surface area contributed by atoms with Crippen LogP contribution in [-0.2, 0) is 29.7 Å². The van der Waals surface area contributed by atoms with Crippen molar-refractivity contribution in [1.82, 2.24) is 24.9 Å². The topological polar surface area (TPSA) is 75.0 Å². The Morgan fingerprint density at radius 1 is 1.27 bits per heavy atom. The summed E-state index contributed by atoms with van der Waals surface area (Å²) in [5.74, 6) is 1.14. The van der Waals surface area contributed by atoms with E-state index in [0.29, 0.717) is 26.1 Å². The minimum absolute atomic E-state index is 0.00131. The normalized spacial score (nSPS) is 20.1. The van der Waals surface area contributed by atoms with Crippen molar-refractivity contribution in [2.24, 2.45) is 12.0 Å². The van der Waals surface area contributed by atoms with Crippen LogP contribution in [0.25, 0.3) is 0 Å². The second-order valence-corrected chi connectivity index (χ2v) is 7.89. The van der Waals surface area contributed by atoms with E-state index in [9.17, 15) is 4.79 Å². The summed E-state index contributed by atoms with van der Waals surface area (Å²) in [7, 11) is 3.73. The van der Waals surface area contributed by atoms with Crippen LogP contribution >= 0.6 is 0 Å². The van der Waals surface area contributed by atoms with Crippen molar-refractivity contribution in [1.29, 1.82) is 0 Å². The van der Waals surface area contributed by atoms with Gasteiger partial charge in [-0.1, -0.05) is 24.3 Å². The molecule has 0 aliphatic carbocycles. The first-order valence-corrected chi connectivity index (χ1v) is 10.5.